The van der Waals surface area contributed by atoms with E-state index in [2.05, 4.69) is 46.6 Å². The summed E-state index contributed by atoms with van der Waals surface area (Å²) < 4.78 is 23.9. The van der Waals surface area contributed by atoms with E-state index in [1.165, 1.54) is 16.8 Å². The summed E-state index contributed by atoms with van der Waals surface area (Å²) in [5.41, 5.74) is 2.03. The van der Waals surface area contributed by atoms with Crippen LogP contribution in [-0.4, -0.2) is 52.7 Å². The summed E-state index contributed by atoms with van der Waals surface area (Å²) in [5, 5.41) is 25.2. The fraction of sp³-hybridized carbons (Fsp3) is 0.600. The molecule has 0 aromatic heterocycles. The molecule has 2 unspecified atom stereocenters. The number of hydrogen-bond donors (Lipinski definition) is 2. The Balaban J connectivity index is 1.99. The first kappa shape index (κ1) is 21.2. The Morgan fingerprint density at radius 2 is 1.68 bits per heavy atom. The first-order chi connectivity index (χ1) is 12.7. The number of hydrogen-bond acceptors (Lipinski definition) is 6. The number of nitrogens with zero attached hydrogens (tertiary/aromatic N) is 2. The van der Waals surface area contributed by atoms with E-state index in [4.69, 9.17) is 5.41 Å². The van der Waals surface area contributed by atoms with Gasteiger partial charge in [0, 0.05) is 16.4 Å². The van der Waals surface area contributed by atoms with Gasteiger partial charge in [-0.2, -0.15) is 5.10 Å². The fourth-order valence-corrected chi connectivity index (χ4v) is 7.34. The molecule has 2 heterocycles. The number of rotatable bonds is 2. The van der Waals surface area contributed by atoms with Crippen molar-refractivity contribution in [1.29, 1.82) is 5.41 Å². The van der Waals surface area contributed by atoms with Crippen LogP contribution in [-0.2, 0) is 20.7 Å². The summed E-state index contributed by atoms with van der Waals surface area (Å²) in [4.78, 5) is 0. The molecule has 2 aliphatic rings. The molecule has 28 heavy (non-hydrogen) atoms. The van der Waals surface area contributed by atoms with Crippen molar-refractivity contribution in [3.8, 4) is 5.75 Å². The van der Waals surface area contributed by atoms with E-state index in [9.17, 15) is 13.5 Å². The Morgan fingerprint density at radius 3 is 2.18 bits per heavy atom. The Bertz CT molecular complexity index is 905. The summed E-state index contributed by atoms with van der Waals surface area (Å²) in [7, 11) is -3.07. The van der Waals surface area contributed by atoms with E-state index in [1.54, 1.807) is 6.21 Å². The molecule has 3 rings (SSSR count). The molecular weight excluding hydrogens is 394 g/mol. The predicted octanol–water partition coefficient (Wildman–Crippen LogP) is 3.47. The molecule has 1 aromatic rings. The average molecular weight is 424 g/mol. The molecule has 2 fully saturated rings. The molecule has 0 saturated carbocycles. The van der Waals surface area contributed by atoms with E-state index in [1.807, 2.05) is 12.1 Å². The van der Waals surface area contributed by atoms with Crippen molar-refractivity contribution in [3.63, 3.8) is 0 Å². The van der Waals surface area contributed by atoms with Crippen LogP contribution in [0.15, 0.2) is 17.2 Å². The van der Waals surface area contributed by atoms with Crippen molar-refractivity contribution in [2.75, 3.05) is 11.5 Å². The van der Waals surface area contributed by atoms with E-state index < -0.39 is 9.84 Å². The van der Waals surface area contributed by atoms with Crippen LogP contribution in [0.2, 0.25) is 0 Å². The molecule has 1 aromatic carbocycles. The van der Waals surface area contributed by atoms with Crippen LogP contribution < -0.4 is 0 Å². The number of hydrazone groups is 1. The van der Waals surface area contributed by atoms with Crippen LogP contribution in [0.3, 0.4) is 0 Å². The molecule has 0 aliphatic carbocycles. The lowest BCUT2D eigenvalue weighted by Gasteiger charge is -2.28. The van der Waals surface area contributed by atoms with Crippen LogP contribution in [0.1, 0.15) is 58.2 Å². The van der Waals surface area contributed by atoms with E-state index >= 15 is 0 Å². The van der Waals surface area contributed by atoms with Crippen molar-refractivity contribution in [2.24, 2.45) is 5.10 Å². The highest BCUT2D eigenvalue weighted by Gasteiger charge is 2.48. The maximum absolute atomic E-state index is 11.9. The van der Waals surface area contributed by atoms with Crippen molar-refractivity contribution in [1.82, 2.24) is 5.01 Å². The first-order valence-corrected chi connectivity index (χ1v) is 12.1. The number of aromatic hydroxyl groups is 1. The van der Waals surface area contributed by atoms with E-state index in [-0.39, 0.29) is 38.8 Å². The van der Waals surface area contributed by atoms with Gasteiger partial charge in [-0.15, -0.1) is 0 Å². The van der Waals surface area contributed by atoms with Crippen molar-refractivity contribution in [2.45, 2.75) is 63.7 Å². The number of phenolic OH excluding ortho intramolecular Hbond substituents is 1. The molecule has 0 radical (unpaired) electrons. The Morgan fingerprint density at radius 1 is 1.14 bits per heavy atom. The topological polar surface area (TPSA) is 93.8 Å². The maximum Gasteiger partial charge on any atom is 0.177 e. The average Bonchev–Trinajstić information content (AvgIpc) is 2.94. The standard InChI is InChI=1S/C20H29N3O3S2/c1-19(2,3)13-7-12(8-14(17(13)24)20(4,5)6)9-22-23-15-10-28(25,26)11-16(15)27-18(23)21/h7-9,15-16,21,24H,10-11H2,1-6H3/b21-18?,22-9+. The monoisotopic (exact) mass is 423 g/mol. The highest BCUT2D eigenvalue weighted by Crippen LogP contribution is 2.40. The maximum atomic E-state index is 11.9. The van der Waals surface area contributed by atoms with Crippen molar-refractivity contribution < 1.29 is 13.5 Å². The first-order valence-electron chi connectivity index (χ1n) is 9.36. The summed E-state index contributed by atoms with van der Waals surface area (Å²) in [6, 6.07) is 3.56. The van der Waals surface area contributed by atoms with Gasteiger partial charge in [0.2, 0.25) is 0 Å². The quantitative estimate of drug-likeness (QED) is 0.711. The molecule has 6 nitrogen and oxygen atoms in total. The molecule has 2 saturated heterocycles. The number of phenols is 1. The molecule has 154 valence electrons. The SMILES string of the molecule is CC(C)(C)c1cc(/C=N/N2C(=N)SC3CS(=O)(=O)CC32)cc(C(C)(C)C)c1O. The largest absolute Gasteiger partial charge is 0.507 e. The zero-order valence-electron chi connectivity index (χ0n) is 17.3. The third kappa shape index (κ3) is 4.08. The van der Waals surface area contributed by atoms with Crippen LogP contribution in [0.5, 0.6) is 5.75 Å². The second kappa shape index (κ2) is 6.76. The normalized spacial score (nSPS) is 24.9. The Labute approximate surface area is 171 Å². The number of amidine groups is 1. The molecule has 0 bridgehead atoms. The zero-order chi connectivity index (χ0) is 21.1. The van der Waals surface area contributed by atoms with Crippen molar-refractivity contribution in [3.05, 3.63) is 28.8 Å². The minimum absolute atomic E-state index is 0.0421. The van der Waals surface area contributed by atoms with Gasteiger partial charge in [0.15, 0.2) is 15.0 Å². The summed E-state index contributed by atoms with van der Waals surface area (Å²) in [5.74, 6) is 0.460. The lowest BCUT2D eigenvalue weighted by Crippen LogP contribution is -2.32. The van der Waals surface area contributed by atoms with Crippen LogP contribution in [0.4, 0.5) is 0 Å². The predicted molar refractivity (Wildman–Crippen MR) is 116 cm³/mol. The Kier molecular flexibility index (Phi) is 5.11. The Hall–Kier alpha value is -1.54. The zero-order valence-corrected chi connectivity index (χ0v) is 18.9. The van der Waals surface area contributed by atoms with Gasteiger partial charge < -0.3 is 5.11 Å². The van der Waals surface area contributed by atoms with Gasteiger partial charge in [-0.3, -0.25) is 5.41 Å². The third-order valence-electron chi connectivity index (χ3n) is 5.14. The van der Waals surface area contributed by atoms with Gasteiger partial charge in [-0.1, -0.05) is 53.3 Å². The van der Waals surface area contributed by atoms with Gasteiger partial charge in [0.1, 0.15) is 5.75 Å². The molecule has 2 aliphatic heterocycles. The molecule has 2 N–H and O–H groups in total. The van der Waals surface area contributed by atoms with Gasteiger partial charge in [-0.05, 0) is 28.5 Å². The summed E-state index contributed by atoms with van der Waals surface area (Å²) in [6.07, 6.45) is 1.67. The van der Waals surface area contributed by atoms with Gasteiger partial charge >= 0.3 is 0 Å². The third-order valence-corrected chi connectivity index (χ3v) is 8.26. The molecule has 0 amide bonds. The van der Waals surface area contributed by atoms with Crippen LogP contribution in [0.25, 0.3) is 0 Å². The van der Waals surface area contributed by atoms with Gasteiger partial charge in [0.05, 0.1) is 23.8 Å². The van der Waals surface area contributed by atoms with E-state index in [0.717, 1.165) is 16.7 Å². The molecule has 8 heteroatoms. The minimum atomic E-state index is -3.07. The molecular formula is C20H29N3O3S2. The number of thioether (sulfide) groups is 1. The second-order valence-electron chi connectivity index (χ2n) is 9.66. The summed E-state index contributed by atoms with van der Waals surface area (Å²) in [6.45, 7) is 12.3. The number of fused-ring (bicyclic) bond motifs is 1. The summed E-state index contributed by atoms with van der Waals surface area (Å²) >= 11 is 1.28. The minimum Gasteiger partial charge on any atom is -0.507 e. The number of benzene rings is 1. The lowest BCUT2D eigenvalue weighted by molar-refractivity contribution is 0.376. The molecule has 0 spiro atoms. The fourth-order valence-electron chi connectivity index (χ4n) is 3.63. The van der Waals surface area contributed by atoms with Gasteiger partial charge in [0.25, 0.3) is 0 Å². The van der Waals surface area contributed by atoms with Gasteiger partial charge in [-0.25, -0.2) is 13.4 Å². The van der Waals surface area contributed by atoms with Crippen LogP contribution >= 0.6 is 11.8 Å². The lowest BCUT2D eigenvalue weighted by atomic mass is 9.78. The second-order valence-corrected chi connectivity index (χ2v) is 13.0. The highest BCUT2D eigenvalue weighted by molar-refractivity contribution is 8.15. The van der Waals surface area contributed by atoms with E-state index in [0.29, 0.717) is 5.75 Å². The van der Waals surface area contributed by atoms with Crippen molar-refractivity contribution >= 4 is 33.0 Å². The number of nitrogens with one attached hydrogen (secondary N) is 1. The smallest absolute Gasteiger partial charge is 0.177 e. The molecule has 2 atom stereocenters. The van der Waals surface area contributed by atoms with Crippen LogP contribution in [0, 0.1) is 5.41 Å². The number of sulfone groups is 1. The highest BCUT2D eigenvalue weighted by atomic mass is 32.2.